The molecule has 0 bridgehead atoms. The third-order valence-corrected chi connectivity index (χ3v) is 3.26. The van der Waals surface area contributed by atoms with E-state index in [0.717, 1.165) is 25.9 Å². The molecule has 1 aromatic rings. The molecule has 0 saturated carbocycles. The van der Waals surface area contributed by atoms with Gasteiger partial charge in [-0.25, -0.2) is 0 Å². The van der Waals surface area contributed by atoms with Crippen molar-refractivity contribution in [3.63, 3.8) is 0 Å². The lowest BCUT2D eigenvalue weighted by Gasteiger charge is -2.31. The molecule has 7 heteroatoms. The Kier molecular flexibility index (Phi) is 6.24. The Hall–Kier alpha value is -1.14. The number of piperidine rings is 1. The summed E-state index contributed by atoms with van der Waals surface area (Å²) in [4.78, 5) is 18.1. The second-order valence-corrected chi connectivity index (χ2v) is 4.71. The summed E-state index contributed by atoms with van der Waals surface area (Å²) in [6, 6.07) is 0. The van der Waals surface area contributed by atoms with E-state index in [1.54, 1.807) is 0 Å². The van der Waals surface area contributed by atoms with Crippen LogP contribution in [0.15, 0.2) is 4.52 Å². The van der Waals surface area contributed by atoms with Crippen LogP contribution in [0.5, 0.6) is 0 Å². The summed E-state index contributed by atoms with van der Waals surface area (Å²) in [5.41, 5.74) is 0. The highest BCUT2D eigenvalue weighted by Crippen LogP contribution is 2.25. The topological polar surface area (TPSA) is 71.3 Å². The quantitative estimate of drug-likeness (QED) is 0.899. The van der Waals surface area contributed by atoms with Crippen molar-refractivity contribution in [3.05, 3.63) is 11.7 Å². The molecular formula is C12H21ClN4O2. The van der Waals surface area contributed by atoms with Crippen molar-refractivity contribution in [2.45, 2.75) is 32.1 Å². The molecule has 1 N–H and O–H groups in total. The van der Waals surface area contributed by atoms with Gasteiger partial charge in [-0.05, 0) is 26.8 Å². The molecular weight excluding hydrogens is 268 g/mol. The van der Waals surface area contributed by atoms with Gasteiger partial charge in [-0.15, -0.1) is 12.4 Å². The Bertz CT molecular complexity index is 410. The Morgan fingerprint density at radius 1 is 1.58 bits per heavy atom. The third kappa shape index (κ3) is 4.18. The van der Waals surface area contributed by atoms with Gasteiger partial charge < -0.3 is 14.7 Å². The largest absolute Gasteiger partial charge is 0.342 e. The Morgan fingerprint density at radius 2 is 2.37 bits per heavy atom. The molecule has 1 amide bonds. The van der Waals surface area contributed by atoms with Gasteiger partial charge in [0.25, 0.3) is 0 Å². The number of amides is 1. The number of nitrogens with zero attached hydrogens (tertiary/aromatic N) is 3. The van der Waals surface area contributed by atoms with Crippen LogP contribution in [0.4, 0.5) is 0 Å². The van der Waals surface area contributed by atoms with Crippen LogP contribution in [0.1, 0.15) is 36.9 Å². The fourth-order valence-corrected chi connectivity index (χ4v) is 2.27. The van der Waals surface area contributed by atoms with Crippen molar-refractivity contribution in [2.75, 3.05) is 26.7 Å². The standard InChI is InChI=1S/C12H20N4O2.ClH/c1-9-14-12(18-15-9)10-4-3-7-16(8-10)11(17)5-6-13-2;/h10,13H,3-8H2,1-2H3;1H. The predicted octanol–water partition coefficient (Wildman–Crippen LogP) is 1.12. The number of aryl methyl sites for hydroxylation is 1. The molecule has 1 aromatic heterocycles. The molecule has 108 valence electrons. The zero-order chi connectivity index (χ0) is 13.0. The summed E-state index contributed by atoms with van der Waals surface area (Å²) in [6.07, 6.45) is 2.56. The summed E-state index contributed by atoms with van der Waals surface area (Å²) < 4.78 is 5.20. The van der Waals surface area contributed by atoms with Gasteiger partial charge in [0.05, 0.1) is 5.92 Å². The van der Waals surface area contributed by atoms with Crippen molar-refractivity contribution in [2.24, 2.45) is 0 Å². The zero-order valence-corrected chi connectivity index (χ0v) is 12.2. The molecule has 2 heterocycles. The summed E-state index contributed by atoms with van der Waals surface area (Å²) in [5.74, 6) is 1.71. The van der Waals surface area contributed by atoms with E-state index in [1.165, 1.54) is 0 Å². The molecule has 0 aromatic carbocycles. The van der Waals surface area contributed by atoms with E-state index in [2.05, 4.69) is 15.5 Å². The van der Waals surface area contributed by atoms with E-state index in [-0.39, 0.29) is 24.2 Å². The van der Waals surface area contributed by atoms with Gasteiger partial charge in [0, 0.05) is 26.1 Å². The lowest BCUT2D eigenvalue weighted by molar-refractivity contribution is -0.132. The highest BCUT2D eigenvalue weighted by atomic mass is 35.5. The van der Waals surface area contributed by atoms with Crippen LogP contribution in [0, 0.1) is 6.92 Å². The van der Waals surface area contributed by atoms with Gasteiger partial charge in [0.2, 0.25) is 11.8 Å². The van der Waals surface area contributed by atoms with Crippen molar-refractivity contribution in [1.29, 1.82) is 0 Å². The second-order valence-electron chi connectivity index (χ2n) is 4.71. The summed E-state index contributed by atoms with van der Waals surface area (Å²) in [5, 5.41) is 6.81. The van der Waals surface area contributed by atoms with Crippen LogP contribution in [-0.4, -0.2) is 47.6 Å². The Labute approximate surface area is 119 Å². The number of carbonyl (C=O) groups is 1. The maximum Gasteiger partial charge on any atom is 0.231 e. The van der Waals surface area contributed by atoms with Gasteiger partial charge in [-0.2, -0.15) is 4.98 Å². The maximum atomic E-state index is 12.0. The SMILES string of the molecule is CNCCC(=O)N1CCCC(c2nc(C)no2)C1.Cl. The minimum Gasteiger partial charge on any atom is -0.342 e. The zero-order valence-electron chi connectivity index (χ0n) is 11.4. The normalized spacial score (nSPS) is 19.1. The number of halogens is 1. The highest BCUT2D eigenvalue weighted by Gasteiger charge is 2.27. The molecule has 2 rings (SSSR count). The monoisotopic (exact) mass is 288 g/mol. The number of rotatable bonds is 4. The third-order valence-electron chi connectivity index (χ3n) is 3.26. The molecule has 0 radical (unpaired) electrons. The number of likely N-dealkylation sites (tertiary alicyclic amines) is 1. The number of hydrogen-bond donors (Lipinski definition) is 1. The van der Waals surface area contributed by atoms with Gasteiger partial charge >= 0.3 is 0 Å². The molecule has 0 aliphatic carbocycles. The lowest BCUT2D eigenvalue weighted by Crippen LogP contribution is -2.40. The van der Waals surface area contributed by atoms with Crippen molar-refractivity contribution < 1.29 is 9.32 Å². The molecule has 1 aliphatic rings. The fraction of sp³-hybridized carbons (Fsp3) is 0.750. The van der Waals surface area contributed by atoms with Gasteiger partial charge in [0.1, 0.15) is 0 Å². The smallest absolute Gasteiger partial charge is 0.231 e. The fourth-order valence-electron chi connectivity index (χ4n) is 2.27. The van der Waals surface area contributed by atoms with Crippen molar-refractivity contribution in [1.82, 2.24) is 20.4 Å². The summed E-state index contributed by atoms with van der Waals surface area (Å²) in [7, 11) is 1.85. The minimum atomic E-state index is 0. The molecule has 1 atom stereocenters. The van der Waals surface area contributed by atoms with E-state index in [0.29, 0.717) is 24.7 Å². The molecule has 19 heavy (non-hydrogen) atoms. The molecule has 1 aliphatic heterocycles. The van der Waals surface area contributed by atoms with Gasteiger partial charge in [-0.3, -0.25) is 4.79 Å². The van der Waals surface area contributed by atoms with E-state index in [1.807, 2.05) is 18.9 Å². The first kappa shape index (κ1) is 15.9. The van der Waals surface area contributed by atoms with E-state index >= 15 is 0 Å². The first-order valence-corrected chi connectivity index (χ1v) is 6.43. The second kappa shape index (κ2) is 7.45. The number of nitrogens with one attached hydrogen (secondary N) is 1. The molecule has 6 nitrogen and oxygen atoms in total. The molecule has 0 spiro atoms. The minimum absolute atomic E-state index is 0. The van der Waals surface area contributed by atoms with Crippen molar-refractivity contribution >= 4 is 18.3 Å². The average Bonchev–Trinajstić information content (AvgIpc) is 2.83. The van der Waals surface area contributed by atoms with Gasteiger partial charge in [-0.1, -0.05) is 5.16 Å². The summed E-state index contributed by atoms with van der Waals surface area (Å²) >= 11 is 0. The Balaban J connectivity index is 0.00000180. The molecule has 1 saturated heterocycles. The van der Waals surface area contributed by atoms with Crippen LogP contribution in [-0.2, 0) is 4.79 Å². The van der Waals surface area contributed by atoms with Crippen LogP contribution < -0.4 is 5.32 Å². The first-order valence-electron chi connectivity index (χ1n) is 6.43. The van der Waals surface area contributed by atoms with Crippen LogP contribution in [0.3, 0.4) is 0 Å². The van der Waals surface area contributed by atoms with Crippen LogP contribution >= 0.6 is 12.4 Å². The predicted molar refractivity (Wildman–Crippen MR) is 73.4 cm³/mol. The lowest BCUT2D eigenvalue weighted by atomic mass is 9.97. The number of hydrogen-bond acceptors (Lipinski definition) is 5. The number of aromatic nitrogens is 2. The van der Waals surface area contributed by atoms with E-state index in [4.69, 9.17) is 4.52 Å². The Morgan fingerprint density at radius 3 is 3.00 bits per heavy atom. The number of carbonyl (C=O) groups excluding carboxylic acids is 1. The van der Waals surface area contributed by atoms with Crippen LogP contribution in [0.2, 0.25) is 0 Å². The molecule has 1 fully saturated rings. The average molecular weight is 289 g/mol. The molecule has 1 unspecified atom stereocenters. The maximum absolute atomic E-state index is 12.0. The van der Waals surface area contributed by atoms with E-state index < -0.39 is 0 Å². The summed E-state index contributed by atoms with van der Waals surface area (Å²) in [6.45, 7) is 4.07. The first-order chi connectivity index (χ1) is 8.70. The van der Waals surface area contributed by atoms with Crippen molar-refractivity contribution in [3.8, 4) is 0 Å². The van der Waals surface area contributed by atoms with Crippen LogP contribution in [0.25, 0.3) is 0 Å². The highest BCUT2D eigenvalue weighted by molar-refractivity contribution is 5.85. The van der Waals surface area contributed by atoms with Gasteiger partial charge in [0.15, 0.2) is 5.82 Å². The van der Waals surface area contributed by atoms with E-state index in [9.17, 15) is 4.79 Å².